The Balaban J connectivity index is 1.72. The standard InChI is InChI=1S/C20H25FN6OS/c1-13(2)11-27-18(10-22-19(28)17-9-14(3)25-26(17)4)23-24-20(27)29-12-15-7-5-6-8-16(15)21/h5-9,13H,10-12H2,1-4H3,(H,22,28). The van der Waals surface area contributed by atoms with Gasteiger partial charge in [0.05, 0.1) is 12.2 Å². The van der Waals surface area contributed by atoms with E-state index in [0.717, 1.165) is 5.69 Å². The largest absolute Gasteiger partial charge is 0.343 e. The van der Waals surface area contributed by atoms with E-state index < -0.39 is 0 Å². The third-order valence-electron chi connectivity index (χ3n) is 4.30. The fourth-order valence-corrected chi connectivity index (χ4v) is 3.89. The number of hydrogen-bond donors (Lipinski definition) is 1. The lowest BCUT2D eigenvalue weighted by molar-refractivity contribution is 0.0940. The van der Waals surface area contributed by atoms with Gasteiger partial charge in [-0.25, -0.2) is 4.39 Å². The van der Waals surface area contributed by atoms with Crippen molar-refractivity contribution in [2.45, 2.75) is 44.8 Å². The zero-order valence-electron chi connectivity index (χ0n) is 17.0. The molecule has 7 nitrogen and oxygen atoms in total. The van der Waals surface area contributed by atoms with Crippen LogP contribution in [0.3, 0.4) is 0 Å². The summed E-state index contributed by atoms with van der Waals surface area (Å²) in [5.41, 5.74) is 1.90. The summed E-state index contributed by atoms with van der Waals surface area (Å²) < 4.78 is 17.4. The summed E-state index contributed by atoms with van der Waals surface area (Å²) in [5, 5.41) is 16.3. The molecule has 0 atom stereocenters. The summed E-state index contributed by atoms with van der Waals surface area (Å²) in [7, 11) is 1.74. The third-order valence-corrected chi connectivity index (χ3v) is 5.31. The van der Waals surface area contributed by atoms with E-state index in [1.807, 2.05) is 17.6 Å². The van der Waals surface area contributed by atoms with Crippen LogP contribution in [0.1, 0.15) is 41.4 Å². The number of amides is 1. The number of rotatable bonds is 8. The predicted molar refractivity (Wildman–Crippen MR) is 110 cm³/mol. The average molecular weight is 417 g/mol. The van der Waals surface area contributed by atoms with E-state index in [9.17, 15) is 9.18 Å². The van der Waals surface area contributed by atoms with Gasteiger partial charge in [-0.15, -0.1) is 10.2 Å². The van der Waals surface area contributed by atoms with Crippen molar-refractivity contribution in [2.24, 2.45) is 13.0 Å². The number of halogens is 1. The van der Waals surface area contributed by atoms with E-state index in [1.165, 1.54) is 17.8 Å². The molecule has 0 aliphatic carbocycles. The molecule has 1 aromatic carbocycles. The summed E-state index contributed by atoms with van der Waals surface area (Å²) in [6.45, 7) is 7.01. The van der Waals surface area contributed by atoms with Crippen LogP contribution in [0, 0.1) is 18.7 Å². The van der Waals surface area contributed by atoms with Crippen LogP contribution in [0.25, 0.3) is 0 Å². The van der Waals surface area contributed by atoms with Crippen molar-refractivity contribution in [1.82, 2.24) is 29.9 Å². The Bertz CT molecular complexity index is 997. The molecule has 2 heterocycles. The number of carbonyl (C=O) groups excluding carboxylic acids is 1. The lowest BCUT2D eigenvalue weighted by Crippen LogP contribution is -2.27. The van der Waals surface area contributed by atoms with Gasteiger partial charge in [-0.1, -0.05) is 43.8 Å². The van der Waals surface area contributed by atoms with Gasteiger partial charge in [0, 0.05) is 19.3 Å². The Morgan fingerprint density at radius 2 is 2.03 bits per heavy atom. The molecule has 154 valence electrons. The molecular formula is C20H25FN6OS. The van der Waals surface area contributed by atoms with Gasteiger partial charge in [0.2, 0.25) is 0 Å². The molecule has 3 aromatic rings. The highest BCUT2D eigenvalue weighted by molar-refractivity contribution is 7.98. The van der Waals surface area contributed by atoms with Crippen LogP contribution < -0.4 is 5.32 Å². The zero-order valence-corrected chi connectivity index (χ0v) is 17.8. The van der Waals surface area contributed by atoms with E-state index >= 15 is 0 Å². The summed E-state index contributed by atoms with van der Waals surface area (Å²) in [4.78, 5) is 12.5. The molecule has 0 radical (unpaired) electrons. The van der Waals surface area contributed by atoms with E-state index in [2.05, 4.69) is 34.5 Å². The Morgan fingerprint density at radius 3 is 2.69 bits per heavy atom. The molecule has 3 rings (SSSR count). The molecule has 0 fully saturated rings. The summed E-state index contributed by atoms with van der Waals surface area (Å²) in [6.07, 6.45) is 0. The zero-order chi connectivity index (χ0) is 21.0. The Kier molecular flexibility index (Phi) is 6.68. The van der Waals surface area contributed by atoms with Crippen LogP contribution in [-0.4, -0.2) is 30.5 Å². The molecule has 0 aliphatic heterocycles. The predicted octanol–water partition coefficient (Wildman–Crippen LogP) is 3.34. The minimum absolute atomic E-state index is 0.215. The number of carbonyl (C=O) groups is 1. The van der Waals surface area contributed by atoms with Gasteiger partial charge < -0.3 is 9.88 Å². The van der Waals surface area contributed by atoms with Crippen LogP contribution >= 0.6 is 11.8 Å². The number of aromatic nitrogens is 5. The van der Waals surface area contributed by atoms with E-state index in [1.54, 1.807) is 29.9 Å². The number of thioether (sulfide) groups is 1. The van der Waals surface area contributed by atoms with Gasteiger partial charge in [0.25, 0.3) is 5.91 Å². The second-order valence-corrected chi connectivity index (χ2v) is 8.20. The van der Waals surface area contributed by atoms with E-state index in [-0.39, 0.29) is 18.3 Å². The number of benzene rings is 1. The maximum Gasteiger partial charge on any atom is 0.269 e. The fraction of sp³-hybridized carbons (Fsp3) is 0.400. The molecule has 2 aromatic heterocycles. The van der Waals surface area contributed by atoms with Crippen molar-refractivity contribution >= 4 is 17.7 Å². The highest BCUT2D eigenvalue weighted by Gasteiger charge is 2.17. The second-order valence-electron chi connectivity index (χ2n) is 7.26. The smallest absolute Gasteiger partial charge is 0.269 e. The third kappa shape index (κ3) is 5.23. The molecule has 0 aliphatic rings. The minimum atomic E-state index is -0.228. The Labute approximate surface area is 173 Å². The van der Waals surface area contributed by atoms with Crippen molar-refractivity contribution in [3.63, 3.8) is 0 Å². The van der Waals surface area contributed by atoms with Crippen LogP contribution in [0.15, 0.2) is 35.5 Å². The van der Waals surface area contributed by atoms with Crippen LogP contribution in [0.2, 0.25) is 0 Å². The molecule has 0 saturated carbocycles. The van der Waals surface area contributed by atoms with Crippen LogP contribution in [0.5, 0.6) is 0 Å². The van der Waals surface area contributed by atoms with Crippen molar-refractivity contribution in [2.75, 3.05) is 0 Å². The summed E-state index contributed by atoms with van der Waals surface area (Å²) in [5.74, 6) is 1.06. The molecule has 0 saturated heterocycles. The SMILES string of the molecule is Cc1cc(C(=O)NCc2nnc(SCc3ccccc3F)n2CC(C)C)n(C)n1. The van der Waals surface area contributed by atoms with E-state index in [0.29, 0.717) is 40.5 Å². The van der Waals surface area contributed by atoms with Gasteiger partial charge in [-0.2, -0.15) is 5.10 Å². The maximum absolute atomic E-state index is 13.9. The first kappa shape index (κ1) is 21.0. The number of hydrogen-bond acceptors (Lipinski definition) is 5. The molecular weight excluding hydrogens is 391 g/mol. The first-order valence-electron chi connectivity index (χ1n) is 9.42. The Morgan fingerprint density at radius 1 is 1.28 bits per heavy atom. The minimum Gasteiger partial charge on any atom is -0.343 e. The van der Waals surface area contributed by atoms with Gasteiger partial charge in [-0.05, 0) is 30.5 Å². The van der Waals surface area contributed by atoms with Crippen molar-refractivity contribution in [1.29, 1.82) is 0 Å². The Hall–Kier alpha value is -2.68. The van der Waals surface area contributed by atoms with Gasteiger partial charge >= 0.3 is 0 Å². The number of nitrogens with one attached hydrogen (secondary N) is 1. The van der Waals surface area contributed by atoms with Gasteiger partial charge in [0.1, 0.15) is 11.5 Å². The normalized spacial score (nSPS) is 11.2. The van der Waals surface area contributed by atoms with Crippen molar-refractivity contribution in [3.8, 4) is 0 Å². The maximum atomic E-state index is 13.9. The molecule has 29 heavy (non-hydrogen) atoms. The summed E-state index contributed by atoms with van der Waals surface area (Å²) in [6, 6.07) is 8.45. The summed E-state index contributed by atoms with van der Waals surface area (Å²) >= 11 is 1.44. The first-order chi connectivity index (χ1) is 13.8. The lowest BCUT2D eigenvalue weighted by Gasteiger charge is -2.13. The molecule has 0 bridgehead atoms. The van der Waals surface area contributed by atoms with Crippen LogP contribution in [0.4, 0.5) is 4.39 Å². The molecule has 0 spiro atoms. The molecule has 9 heteroatoms. The molecule has 0 unspecified atom stereocenters. The van der Waals surface area contributed by atoms with E-state index in [4.69, 9.17) is 0 Å². The van der Waals surface area contributed by atoms with Gasteiger partial charge in [0.15, 0.2) is 11.0 Å². The quantitative estimate of drug-likeness (QED) is 0.570. The lowest BCUT2D eigenvalue weighted by atomic mass is 10.2. The average Bonchev–Trinajstić information content (AvgIpc) is 3.21. The number of nitrogens with zero attached hydrogens (tertiary/aromatic N) is 5. The monoisotopic (exact) mass is 416 g/mol. The van der Waals surface area contributed by atoms with Crippen LogP contribution in [-0.2, 0) is 25.9 Å². The topological polar surface area (TPSA) is 77.6 Å². The highest BCUT2D eigenvalue weighted by Crippen LogP contribution is 2.24. The van der Waals surface area contributed by atoms with Crippen molar-refractivity contribution < 1.29 is 9.18 Å². The molecule has 1 N–H and O–H groups in total. The van der Waals surface area contributed by atoms with Gasteiger partial charge in [-0.3, -0.25) is 9.48 Å². The highest BCUT2D eigenvalue weighted by atomic mass is 32.2. The fourth-order valence-electron chi connectivity index (χ4n) is 2.94. The number of aryl methyl sites for hydroxylation is 2. The second kappa shape index (κ2) is 9.21. The first-order valence-corrected chi connectivity index (χ1v) is 10.4. The van der Waals surface area contributed by atoms with Crippen molar-refractivity contribution in [3.05, 3.63) is 58.9 Å². The molecule has 1 amide bonds.